The summed E-state index contributed by atoms with van der Waals surface area (Å²) in [5.41, 5.74) is 3.33. The second kappa shape index (κ2) is 7.31. The van der Waals surface area contributed by atoms with Gasteiger partial charge in [0.25, 0.3) is 0 Å². The van der Waals surface area contributed by atoms with Crippen molar-refractivity contribution in [2.75, 3.05) is 6.61 Å². The van der Waals surface area contributed by atoms with Crippen molar-refractivity contribution in [3.63, 3.8) is 0 Å². The van der Waals surface area contributed by atoms with E-state index in [0.29, 0.717) is 12.5 Å². The van der Waals surface area contributed by atoms with Gasteiger partial charge in [-0.25, -0.2) is 4.98 Å². The first-order valence-corrected chi connectivity index (χ1v) is 7.03. The van der Waals surface area contributed by atoms with Crippen molar-refractivity contribution in [2.45, 2.75) is 32.4 Å². The number of rotatable bonds is 7. The molecule has 1 heterocycles. The first-order chi connectivity index (χ1) is 9.31. The molecule has 0 saturated heterocycles. The molecule has 2 rings (SSSR count). The van der Waals surface area contributed by atoms with Gasteiger partial charge < -0.3 is 9.30 Å². The minimum absolute atomic E-state index is 0.511. The Balaban J connectivity index is 1.69. The lowest BCUT2D eigenvalue weighted by Crippen LogP contribution is -2.05. The maximum atomic E-state index is 5.91. The standard InChI is InChI=1S/C15H19ClN2O/c1-13-15(10-16)18(12-17-13)8-5-9-19-11-14-6-3-2-4-7-14/h2-4,6-7,12H,5,8-11H2,1H3. The van der Waals surface area contributed by atoms with Gasteiger partial charge >= 0.3 is 0 Å². The highest BCUT2D eigenvalue weighted by molar-refractivity contribution is 6.17. The Bertz CT molecular complexity index is 496. The van der Waals surface area contributed by atoms with Crippen LogP contribution in [0.4, 0.5) is 0 Å². The summed E-state index contributed by atoms with van der Waals surface area (Å²) in [5.74, 6) is 0.511. The van der Waals surface area contributed by atoms with Crippen molar-refractivity contribution in [1.29, 1.82) is 0 Å². The van der Waals surface area contributed by atoms with Crippen molar-refractivity contribution in [1.82, 2.24) is 9.55 Å². The van der Waals surface area contributed by atoms with Gasteiger partial charge in [0.1, 0.15) is 0 Å². The summed E-state index contributed by atoms with van der Waals surface area (Å²) in [4.78, 5) is 4.27. The zero-order chi connectivity index (χ0) is 13.5. The van der Waals surface area contributed by atoms with Crippen LogP contribution < -0.4 is 0 Å². The molecule has 102 valence electrons. The van der Waals surface area contributed by atoms with Crippen LogP contribution in [0.2, 0.25) is 0 Å². The highest BCUT2D eigenvalue weighted by Crippen LogP contribution is 2.10. The van der Waals surface area contributed by atoms with Crippen molar-refractivity contribution in [3.05, 3.63) is 53.6 Å². The van der Waals surface area contributed by atoms with Gasteiger partial charge in [0.2, 0.25) is 0 Å². The van der Waals surface area contributed by atoms with Crippen molar-refractivity contribution < 1.29 is 4.74 Å². The molecule has 0 spiro atoms. The third kappa shape index (κ3) is 4.08. The fraction of sp³-hybridized carbons (Fsp3) is 0.400. The molecule has 0 aliphatic heterocycles. The molecule has 0 radical (unpaired) electrons. The second-order valence-corrected chi connectivity index (χ2v) is 4.76. The van der Waals surface area contributed by atoms with Gasteiger partial charge in [-0.1, -0.05) is 30.3 Å². The van der Waals surface area contributed by atoms with Crippen LogP contribution in [0.25, 0.3) is 0 Å². The van der Waals surface area contributed by atoms with E-state index in [0.717, 1.165) is 31.0 Å². The average Bonchev–Trinajstić information content (AvgIpc) is 2.80. The first-order valence-electron chi connectivity index (χ1n) is 6.49. The van der Waals surface area contributed by atoms with Gasteiger partial charge in [-0.15, -0.1) is 11.6 Å². The van der Waals surface area contributed by atoms with E-state index in [1.165, 1.54) is 5.56 Å². The predicted molar refractivity (Wildman–Crippen MR) is 77.2 cm³/mol. The summed E-state index contributed by atoms with van der Waals surface area (Å²) in [6.45, 7) is 4.30. The first kappa shape index (κ1) is 14.1. The fourth-order valence-electron chi connectivity index (χ4n) is 1.98. The number of halogens is 1. The van der Waals surface area contributed by atoms with Gasteiger partial charge in [-0.2, -0.15) is 0 Å². The number of imidazole rings is 1. The maximum Gasteiger partial charge on any atom is 0.0951 e. The van der Waals surface area contributed by atoms with E-state index in [1.807, 2.05) is 31.5 Å². The Kier molecular flexibility index (Phi) is 5.43. The zero-order valence-electron chi connectivity index (χ0n) is 11.2. The average molecular weight is 279 g/mol. The maximum absolute atomic E-state index is 5.91. The Morgan fingerprint density at radius 2 is 2.05 bits per heavy atom. The number of ether oxygens (including phenoxy) is 1. The molecule has 0 aliphatic carbocycles. The smallest absolute Gasteiger partial charge is 0.0951 e. The molecule has 0 aliphatic rings. The Hall–Kier alpha value is -1.32. The van der Waals surface area contributed by atoms with Crippen LogP contribution in [0, 0.1) is 6.92 Å². The van der Waals surface area contributed by atoms with Crippen LogP contribution in [0.15, 0.2) is 36.7 Å². The predicted octanol–water partition coefficient (Wildman–Crippen LogP) is 3.54. The lowest BCUT2D eigenvalue weighted by Gasteiger charge is -2.07. The van der Waals surface area contributed by atoms with Crippen LogP contribution in [0.3, 0.4) is 0 Å². The largest absolute Gasteiger partial charge is 0.377 e. The van der Waals surface area contributed by atoms with E-state index in [2.05, 4.69) is 21.7 Å². The van der Waals surface area contributed by atoms with Crippen LogP contribution >= 0.6 is 11.6 Å². The molecule has 1 aromatic heterocycles. The molecule has 0 amide bonds. The summed E-state index contributed by atoms with van der Waals surface area (Å²) in [5, 5.41) is 0. The summed E-state index contributed by atoms with van der Waals surface area (Å²) in [6.07, 6.45) is 2.82. The topological polar surface area (TPSA) is 27.1 Å². The molecule has 0 unspecified atom stereocenters. The summed E-state index contributed by atoms with van der Waals surface area (Å²) in [7, 11) is 0. The van der Waals surface area contributed by atoms with Crippen LogP contribution in [-0.2, 0) is 23.8 Å². The molecule has 2 aromatic rings. The van der Waals surface area contributed by atoms with Gasteiger partial charge in [-0.3, -0.25) is 0 Å². The third-order valence-electron chi connectivity index (χ3n) is 3.08. The molecule has 0 bridgehead atoms. The molecule has 19 heavy (non-hydrogen) atoms. The van der Waals surface area contributed by atoms with Crippen molar-refractivity contribution >= 4 is 11.6 Å². The Labute approximate surface area is 119 Å². The monoisotopic (exact) mass is 278 g/mol. The summed E-state index contributed by atoms with van der Waals surface area (Å²) >= 11 is 5.91. The summed E-state index contributed by atoms with van der Waals surface area (Å²) in [6, 6.07) is 10.2. The van der Waals surface area contributed by atoms with Crippen molar-refractivity contribution in [3.8, 4) is 0 Å². The molecular weight excluding hydrogens is 260 g/mol. The Morgan fingerprint density at radius 1 is 1.26 bits per heavy atom. The molecule has 0 saturated carbocycles. The van der Waals surface area contributed by atoms with E-state index < -0.39 is 0 Å². The lowest BCUT2D eigenvalue weighted by molar-refractivity contribution is 0.115. The quantitative estimate of drug-likeness (QED) is 0.572. The number of benzene rings is 1. The van der Waals surface area contributed by atoms with E-state index in [4.69, 9.17) is 16.3 Å². The van der Waals surface area contributed by atoms with Gasteiger partial charge in [0, 0.05) is 13.2 Å². The van der Waals surface area contributed by atoms with E-state index in [-0.39, 0.29) is 0 Å². The van der Waals surface area contributed by atoms with Gasteiger partial charge in [0.05, 0.1) is 30.2 Å². The fourth-order valence-corrected chi connectivity index (χ4v) is 2.32. The van der Waals surface area contributed by atoms with E-state index in [1.54, 1.807) is 0 Å². The normalized spacial score (nSPS) is 10.8. The third-order valence-corrected chi connectivity index (χ3v) is 3.33. The van der Waals surface area contributed by atoms with Gasteiger partial charge in [-0.05, 0) is 18.9 Å². The SMILES string of the molecule is Cc1ncn(CCCOCc2ccccc2)c1CCl. The van der Waals surface area contributed by atoms with Gasteiger partial charge in [0.15, 0.2) is 0 Å². The number of nitrogens with zero attached hydrogens (tertiary/aromatic N) is 2. The number of alkyl halides is 1. The van der Waals surface area contributed by atoms with Crippen molar-refractivity contribution in [2.24, 2.45) is 0 Å². The molecule has 4 heteroatoms. The minimum Gasteiger partial charge on any atom is -0.377 e. The highest BCUT2D eigenvalue weighted by Gasteiger charge is 2.05. The minimum atomic E-state index is 0.511. The molecule has 0 N–H and O–H groups in total. The molecule has 3 nitrogen and oxygen atoms in total. The van der Waals surface area contributed by atoms with E-state index in [9.17, 15) is 0 Å². The number of aryl methyl sites for hydroxylation is 2. The number of hydrogen-bond acceptors (Lipinski definition) is 2. The molecule has 0 atom stereocenters. The van der Waals surface area contributed by atoms with Crippen LogP contribution in [0.1, 0.15) is 23.4 Å². The molecular formula is C15H19ClN2O. The molecule has 1 aromatic carbocycles. The van der Waals surface area contributed by atoms with Crippen LogP contribution in [0.5, 0.6) is 0 Å². The highest BCUT2D eigenvalue weighted by atomic mass is 35.5. The number of hydrogen-bond donors (Lipinski definition) is 0. The second-order valence-electron chi connectivity index (χ2n) is 4.50. The summed E-state index contributed by atoms with van der Waals surface area (Å²) < 4.78 is 7.76. The zero-order valence-corrected chi connectivity index (χ0v) is 11.9. The van der Waals surface area contributed by atoms with Crippen LogP contribution in [-0.4, -0.2) is 16.2 Å². The Morgan fingerprint density at radius 3 is 2.79 bits per heavy atom. The van der Waals surface area contributed by atoms with E-state index >= 15 is 0 Å². The molecule has 0 fully saturated rings. The lowest BCUT2D eigenvalue weighted by atomic mass is 10.2. The number of aromatic nitrogens is 2.